The van der Waals surface area contributed by atoms with Crippen molar-refractivity contribution >= 4 is 17.4 Å². The van der Waals surface area contributed by atoms with Gasteiger partial charge in [-0.25, -0.2) is 0 Å². The molecule has 1 aliphatic carbocycles. The molecule has 1 aromatic rings. The van der Waals surface area contributed by atoms with Crippen LogP contribution in [0.15, 0.2) is 36.4 Å². The standard InChI is InChI=1S/C24H32N2O2/c27-23(21-9-3-4-14-25-21)17-19(16-18-6-5-7-18)11-12-24(28)26-15-13-20-8-1-2-10-22(20)26/h1-2,8,10-12,18-19,21,25H,3-7,9,13-17H2/b12-11+/t19-,21+/m1/s1. The normalized spacial score (nSPS) is 23.4. The minimum Gasteiger partial charge on any atom is -0.308 e. The number of nitrogens with zero attached hydrogens (tertiary/aromatic N) is 1. The van der Waals surface area contributed by atoms with Crippen LogP contribution >= 0.6 is 0 Å². The molecule has 28 heavy (non-hydrogen) atoms. The third kappa shape index (κ3) is 4.54. The number of piperidine rings is 1. The van der Waals surface area contributed by atoms with Crippen LogP contribution in [0.1, 0.15) is 56.9 Å². The minimum atomic E-state index is 0.0206. The van der Waals surface area contributed by atoms with Crippen LogP contribution in [0.5, 0.6) is 0 Å². The minimum absolute atomic E-state index is 0.0206. The number of rotatable bonds is 7. The van der Waals surface area contributed by atoms with Gasteiger partial charge < -0.3 is 10.2 Å². The molecule has 0 radical (unpaired) electrons. The highest BCUT2D eigenvalue weighted by Gasteiger charge is 2.27. The van der Waals surface area contributed by atoms with Gasteiger partial charge in [0.2, 0.25) is 0 Å². The van der Waals surface area contributed by atoms with Gasteiger partial charge in [0.25, 0.3) is 5.91 Å². The van der Waals surface area contributed by atoms with Gasteiger partial charge in [-0.3, -0.25) is 9.59 Å². The predicted molar refractivity (Wildman–Crippen MR) is 112 cm³/mol. The molecular formula is C24H32N2O2. The van der Waals surface area contributed by atoms with Gasteiger partial charge in [-0.15, -0.1) is 0 Å². The fourth-order valence-electron chi connectivity index (χ4n) is 4.79. The summed E-state index contributed by atoms with van der Waals surface area (Å²) in [6.45, 7) is 1.70. The molecule has 4 nitrogen and oxygen atoms in total. The molecule has 0 bridgehead atoms. The van der Waals surface area contributed by atoms with E-state index in [1.807, 2.05) is 29.2 Å². The van der Waals surface area contributed by atoms with Gasteiger partial charge in [-0.05, 0) is 61.8 Å². The maximum Gasteiger partial charge on any atom is 0.250 e. The summed E-state index contributed by atoms with van der Waals surface area (Å²) < 4.78 is 0. The Bertz CT molecular complexity index is 732. The van der Waals surface area contributed by atoms with Crippen molar-refractivity contribution in [2.24, 2.45) is 11.8 Å². The van der Waals surface area contributed by atoms with Gasteiger partial charge in [0, 0.05) is 18.7 Å². The molecule has 1 saturated carbocycles. The highest BCUT2D eigenvalue weighted by atomic mass is 16.2. The first-order chi connectivity index (χ1) is 13.7. The van der Waals surface area contributed by atoms with E-state index in [4.69, 9.17) is 0 Å². The lowest BCUT2D eigenvalue weighted by atomic mass is 9.77. The Kier molecular flexibility index (Phi) is 6.26. The number of carbonyl (C=O) groups excluding carboxylic acids is 2. The molecule has 4 heteroatoms. The maximum atomic E-state index is 12.8. The molecule has 2 heterocycles. The Hall–Kier alpha value is -1.94. The lowest BCUT2D eigenvalue weighted by Crippen LogP contribution is -2.41. The summed E-state index contributed by atoms with van der Waals surface area (Å²) >= 11 is 0. The highest BCUT2D eigenvalue weighted by molar-refractivity contribution is 6.02. The fourth-order valence-corrected chi connectivity index (χ4v) is 4.79. The van der Waals surface area contributed by atoms with Crippen LogP contribution in [0.25, 0.3) is 0 Å². The number of hydrogen-bond acceptors (Lipinski definition) is 3. The molecule has 1 saturated heterocycles. The summed E-state index contributed by atoms with van der Waals surface area (Å²) in [4.78, 5) is 27.5. The van der Waals surface area contributed by atoms with Crippen molar-refractivity contribution < 1.29 is 9.59 Å². The van der Waals surface area contributed by atoms with E-state index in [1.54, 1.807) is 6.08 Å². The van der Waals surface area contributed by atoms with Crippen molar-refractivity contribution in [2.45, 2.75) is 63.8 Å². The molecule has 3 aliphatic rings. The van der Waals surface area contributed by atoms with Gasteiger partial charge in [0.15, 0.2) is 0 Å². The lowest BCUT2D eigenvalue weighted by Gasteiger charge is -2.29. The number of nitrogens with one attached hydrogen (secondary N) is 1. The van der Waals surface area contributed by atoms with Crippen LogP contribution in [0.4, 0.5) is 5.69 Å². The summed E-state index contributed by atoms with van der Waals surface area (Å²) in [5, 5.41) is 3.38. The second-order valence-corrected chi connectivity index (χ2v) is 8.69. The number of fused-ring (bicyclic) bond motifs is 1. The van der Waals surface area contributed by atoms with Crippen molar-refractivity contribution in [3.63, 3.8) is 0 Å². The summed E-state index contributed by atoms with van der Waals surface area (Å²) in [5.74, 6) is 1.28. The Labute approximate surface area is 168 Å². The molecule has 0 spiro atoms. The quantitative estimate of drug-likeness (QED) is 0.726. The van der Waals surface area contributed by atoms with E-state index >= 15 is 0 Å². The average Bonchev–Trinajstić information content (AvgIpc) is 3.13. The number of para-hydroxylation sites is 1. The van der Waals surface area contributed by atoms with E-state index in [0.717, 1.165) is 50.4 Å². The second kappa shape index (κ2) is 9.04. The largest absolute Gasteiger partial charge is 0.308 e. The van der Waals surface area contributed by atoms with Crippen molar-refractivity contribution in [3.05, 3.63) is 42.0 Å². The van der Waals surface area contributed by atoms with E-state index in [9.17, 15) is 9.59 Å². The number of carbonyl (C=O) groups is 2. The average molecular weight is 381 g/mol. The second-order valence-electron chi connectivity index (χ2n) is 8.69. The SMILES string of the molecule is O=C(C[C@H](/C=C/C(=O)N1CCc2ccccc21)CC1CCC1)[C@@H]1CCCCN1. The first kappa shape index (κ1) is 19.4. The monoisotopic (exact) mass is 380 g/mol. The zero-order chi connectivity index (χ0) is 19.3. The van der Waals surface area contributed by atoms with Crippen molar-refractivity contribution in [3.8, 4) is 0 Å². The number of amides is 1. The number of anilines is 1. The molecule has 4 rings (SSSR count). The van der Waals surface area contributed by atoms with E-state index in [1.165, 1.54) is 31.2 Å². The Morgan fingerprint density at radius 3 is 2.75 bits per heavy atom. The number of allylic oxidation sites excluding steroid dienone is 1. The zero-order valence-electron chi connectivity index (χ0n) is 16.7. The molecular weight excluding hydrogens is 348 g/mol. The molecule has 150 valence electrons. The van der Waals surface area contributed by atoms with E-state index in [0.29, 0.717) is 12.2 Å². The van der Waals surface area contributed by atoms with Crippen LogP contribution in [-0.4, -0.2) is 30.8 Å². The Morgan fingerprint density at radius 2 is 2.00 bits per heavy atom. The Balaban J connectivity index is 1.39. The summed E-state index contributed by atoms with van der Waals surface area (Å²) in [7, 11) is 0. The number of benzene rings is 1. The fraction of sp³-hybridized carbons (Fsp3) is 0.583. The van der Waals surface area contributed by atoms with Crippen LogP contribution < -0.4 is 10.2 Å². The van der Waals surface area contributed by atoms with Crippen molar-refractivity contribution in [1.82, 2.24) is 5.32 Å². The molecule has 2 aliphatic heterocycles. The zero-order valence-corrected chi connectivity index (χ0v) is 16.7. The lowest BCUT2D eigenvalue weighted by molar-refractivity contribution is -0.122. The van der Waals surface area contributed by atoms with Gasteiger partial charge >= 0.3 is 0 Å². The summed E-state index contributed by atoms with van der Waals surface area (Å²) in [6.07, 6.45) is 13.4. The van der Waals surface area contributed by atoms with Gasteiger partial charge in [-0.1, -0.05) is 50.0 Å². The summed E-state index contributed by atoms with van der Waals surface area (Å²) in [5.41, 5.74) is 2.28. The first-order valence-corrected chi connectivity index (χ1v) is 11.0. The first-order valence-electron chi connectivity index (χ1n) is 11.0. The van der Waals surface area contributed by atoms with Crippen LogP contribution in [0, 0.1) is 11.8 Å². The van der Waals surface area contributed by atoms with Crippen LogP contribution in [-0.2, 0) is 16.0 Å². The number of Topliss-reactive ketones (excluding diaryl/α,β-unsaturated/α-hetero) is 1. The van der Waals surface area contributed by atoms with Crippen LogP contribution in [0.3, 0.4) is 0 Å². The van der Waals surface area contributed by atoms with Gasteiger partial charge in [0.05, 0.1) is 6.04 Å². The molecule has 0 aromatic heterocycles. The Morgan fingerprint density at radius 1 is 1.14 bits per heavy atom. The molecule has 1 amide bonds. The maximum absolute atomic E-state index is 12.8. The van der Waals surface area contributed by atoms with E-state index < -0.39 is 0 Å². The number of hydrogen-bond donors (Lipinski definition) is 1. The third-order valence-corrected chi connectivity index (χ3v) is 6.69. The highest BCUT2D eigenvalue weighted by Crippen LogP contribution is 2.34. The van der Waals surface area contributed by atoms with Crippen LogP contribution in [0.2, 0.25) is 0 Å². The number of ketones is 1. The van der Waals surface area contributed by atoms with Gasteiger partial charge in [0.1, 0.15) is 5.78 Å². The summed E-state index contributed by atoms with van der Waals surface area (Å²) in [6, 6.07) is 8.16. The van der Waals surface area contributed by atoms with Crippen molar-refractivity contribution in [1.29, 1.82) is 0 Å². The van der Waals surface area contributed by atoms with Crippen molar-refractivity contribution in [2.75, 3.05) is 18.0 Å². The molecule has 1 N–H and O–H groups in total. The topological polar surface area (TPSA) is 49.4 Å². The third-order valence-electron chi connectivity index (χ3n) is 6.69. The van der Waals surface area contributed by atoms with E-state index in [-0.39, 0.29) is 17.9 Å². The van der Waals surface area contributed by atoms with E-state index in [2.05, 4.69) is 11.4 Å². The predicted octanol–water partition coefficient (Wildman–Crippen LogP) is 4.04. The molecule has 0 unspecified atom stereocenters. The van der Waals surface area contributed by atoms with Gasteiger partial charge in [-0.2, -0.15) is 0 Å². The molecule has 1 aromatic carbocycles. The molecule has 2 atom stereocenters. The smallest absolute Gasteiger partial charge is 0.250 e. The molecule has 2 fully saturated rings.